The van der Waals surface area contributed by atoms with E-state index in [1.165, 1.54) is 0 Å². The highest BCUT2D eigenvalue weighted by atomic mass is 16.5. The van der Waals surface area contributed by atoms with Crippen molar-refractivity contribution in [2.75, 3.05) is 0 Å². The molecule has 1 aromatic carbocycles. The number of benzene rings is 1. The van der Waals surface area contributed by atoms with Crippen LogP contribution in [0.2, 0.25) is 0 Å². The average Bonchev–Trinajstić information content (AvgIpc) is 2.78. The van der Waals surface area contributed by atoms with E-state index in [0.717, 1.165) is 42.1 Å². The molecule has 3 nitrogen and oxygen atoms in total. The van der Waals surface area contributed by atoms with E-state index < -0.39 is 5.60 Å². The first-order valence-corrected chi connectivity index (χ1v) is 6.96. The number of hydrogen-bond acceptors (Lipinski definition) is 3. The van der Waals surface area contributed by atoms with Gasteiger partial charge in [-0.1, -0.05) is 12.1 Å². The van der Waals surface area contributed by atoms with E-state index in [4.69, 9.17) is 4.74 Å². The normalized spacial score (nSPS) is 33.7. The molecule has 0 spiro atoms. The summed E-state index contributed by atoms with van der Waals surface area (Å²) in [6, 6.07) is 10.1. The highest BCUT2D eigenvalue weighted by Gasteiger charge is 2.44. The maximum absolute atomic E-state index is 11.0. The Hall–Kier alpha value is -1.45. The van der Waals surface area contributed by atoms with E-state index in [1.807, 2.05) is 24.3 Å². The third-order valence-electron chi connectivity index (χ3n) is 4.47. The van der Waals surface area contributed by atoms with Crippen molar-refractivity contribution in [2.45, 2.75) is 43.5 Å². The highest BCUT2D eigenvalue weighted by Crippen LogP contribution is 2.44. The Labute approximate surface area is 112 Å². The van der Waals surface area contributed by atoms with Crippen molar-refractivity contribution < 1.29 is 9.84 Å². The maximum atomic E-state index is 11.0. The van der Waals surface area contributed by atoms with Crippen LogP contribution < -0.4 is 0 Å². The summed E-state index contributed by atoms with van der Waals surface area (Å²) < 4.78 is 5.83. The Morgan fingerprint density at radius 3 is 2.74 bits per heavy atom. The van der Waals surface area contributed by atoms with Gasteiger partial charge in [0.1, 0.15) is 0 Å². The van der Waals surface area contributed by atoms with Crippen molar-refractivity contribution in [3.63, 3.8) is 0 Å². The second-order valence-electron chi connectivity index (χ2n) is 5.81. The second-order valence-corrected chi connectivity index (χ2v) is 5.81. The van der Waals surface area contributed by atoms with E-state index >= 15 is 0 Å². The summed E-state index contributed by atoms with van der Waals surface area (Å²) in [5, 5.41) is 12.1. The number of hydrogen-bond donors (Lipinski definition) is 1. The number of aliphatic hydroxyl groups is 1. The monoisotopic (exact) mass is 255 g/mol. The fourth-order valence-electron chi connectivity index (χ4n) is 3.52. The van der Waals surface area contributed by atoms with E-state index in [9.17, 15) is 5.11 Å². The van der Waals surface area contributed by atoms with Gasteiger partial charge in [0.15, 0.2) is 0 Å². The summed E-state index contributed by atoms with van der Waals surface area (Å²) in [7, 11) is 0. The predicted molar refractivity (Wildman–Crippen MR) is 72.8 cm³/mol. The number of ether oxygens (including phenoxy) is 1. The molecule has 2 aliphatic rings. The van der Waals surface area contributed by atoms with Crippen molar-refractivity contribution >= 4 is 10.9 Å². The third-order valence-corrected chi connectivity index (χ3v) is 4.47. The van der Waals surface area contributed by atoms with Gasteiger partial charge >= 0.3 is 0 Å². The fraction of sp³-hybridized carbons (Fsp3) is 0.438. The predicted octanol–water partition coefficient (Wildman–Crippen LogP) is 2.76. The van der Waals surface area contributed by atoms with Crippen LogP contribution in [-0.2, 0) is 10.3 Å². The first-order valence-electron chi connectivity index (χ1n) is 6.96. The van der Waals surface area contributed by atoms with Crippen molar-refractivity contribution in [2.24, 2.45) is 0 Å². The van der Waals surface area contributed by atoms with Crippen molar-refractivity contribution in [1.29, 1.82) is 0 Å². The SMILES string of the molecule is OC1(c2ccc3ncccc3c2)CC2CCC(C1)O2. The van der Waals surface area contributed by atoms with Gasteiger partial charge in [-0.15, -0.1) is 0 Å². The van der Waals surface area contributed by atoms with E-state index in [0.29, 0.717) is 0 Å². The van der Waals surface area contributed by atoms with Crippen LogP contribution in [0.25, 0.3) is 10.9 Å². The van der Waals surface area contributed by atoms with E-state index in [-0.39, 0.29) is 12.2 Å². The summed E-state index contributed by atoms with van der Waals surface area (Å²) in [6.45, 7) is 0. The molecule has 2 saturated heterocycles. The van der Waals surface area contributed by atoms with Crippen molar-refractivity contribution in [3.8, 4) is 0 Å². The van der Waals surface area contributed by atoms with Crippen LogP contribution >= 0.6 is 0 Å². The number of pyridine rings is 1. The first-order chi connectivity index (χ1) is 9.23. The number of aromatic nitrogens is 1. The summed E-state index contributed by atoms with van der Waals surface area (Å²) in [4.78, 5) is 4.33. The van der Waals surface area contributed by atoms with Gasteiger partial charge in [-0.05, 0) is 36.6 Å². The van der Waals surface area contributed by atoms with Crippen LogP contribution in [0.1, 0.15) is 31.2 Å². The molecule has 19 heavy (non-hydrogen) atoms. The summed E-state index contributed by atoms with van der Waals surface area (Å²) in [5.41, 5.74) is 1.26. The van der Waals surface area contributed by atoms with Gasteiger partial charge in [0, 0.05) is 24.4 Å². The van der Waals surface area contributed by atoms with E-state index in [2.05, 4.69) is 11.1 Å². The molecular weight excluding hydrogens is 238 g/mol. The second kappa shape index (κ2) is 4.02. The Bertz CT molecular complexity index is 613. The van der Waals surface area contributed by atoms with Gasteiger partial charge in [-0.2, -0.15) is 0 Å². The molecule has 0 amide bonds. The fourth-order valence-corrected chi connectivity index (χ4v) is 3.52. The molecule has 2 unspecified atom stereocenters. The Morgan fingerprint density at radius 1 is 1.16 bits per heavy atom. The van der Waals surface area contributed by atoms with Crippen LogP contribution in [0.5, 0.6) is 0 Å². The lowest BCUT2D eigenvalue weighted by molar-refractivity contribution is -0.115. The van der Waals surface area contributed by atoms with Gasteiger partial charge in [0.25, 0.3) is 0 Å². The standard InChI is InChI=1S/C16H17NO2/c18-16(9-13-4-5-14(10-16)19-13)12-3-6-15-11(8-12)2-1-7-17-15/h1-3,6-8,13-14,18H,4-5,9-10H2. The minimum atomic E-state index is -0.728. The van der Waals surface area contributed by atoms with E-state index in [1.54, 1.807) is 6.20 Å². The zero-order valence-corrected chi connectivity index (χ0v) is 10.7. The lowest BCUT2D eigenvalue weighted by Gasteiger charge is -2.37. The van der Waals surface area contributed by atoms with Crippen LogP contribution in [0, 0.1) is 0 Å². The Morgan fingerprint density at radius 2 is 1.95 bits per heavy atom. The Kier molecular flexibility index (Phi) is 2.41. The smallest absolute Gasteiger partial charge is 0.0946 e. The minimum Gasteiger partial charge on any atom is -0.385 e. The zero-order chi connectivity index (χ0) is 12.9. The Balaban J connectivity index is 1.76. The zero-order valence-electron chi connectivity index (χ0n) is 10.7. The van der Waals surface area contributed by atoms with Gasteiger partial charge in [-0.25, -0.2) is 0 Å². The molecule has 1 aromatic heterocycles. The summed E-state index contributed by atoms with van der Waals surface area (Å²) in [6.07, 6.45) is 5.86. The highest BCUT2D eigenvalue weighted by molar-refractivity contribution is 5.79. The topological polar surface area (TPSA) is 42.4 Å². The average molecular weight is 255 g/mol. The van der Waals surface area contributed by atoms with Gasteiger partial charge in [0.05, 0.1) is 23.3 Å². The van der Waals surface area contributed by atoms with Crippen molar-refractivity contribution in [1.82, 2.24) is 4.98 Å². The van der Waals surface area contributed by atoms with Gasteiger partial charge in [0.2, 0.25) is 0 Å². The first kappa shape index (κ1) is 11.4. The molecule has 2 fully saturated rings. The number of rotatable bonds is 1. The molecule has 1 N–H and O–H groups in total. The maximum Gasteiger partial charge on any atom is 0.0946 e. The lowest BCUT2D eigenvalue weighted by Crippen LogP contribution is -2.38. The molecule has 0 radical (unpaired) electrons. The third kappa shape index (κ3) is 1.85. The van der Waals surface area contributed by atoms with Crippen LogP contribution in [0.3, 0.4) is 0 Å². The minimum absolute atomic E-state index is 0.230. The van der Waals surface area contributed by atoms with Crippen LogP contribution in [-0.4, -0.2) is 22.3 Å². The van der Waals surface area contributed by atoms with Crippen LogP contribution in [0.15, 0.2) is 36.5 Å². The summed E-state index contributed by atoms with van der Waals surface area (Å²) >= 11 is 0. The largest absolute Gasteiger partial charge is 0.385 e. The molecule has 2 bridgehead atoms. The van der Waals surface area contributed by atoms with Crippen molar-refractivity contribution in [3.05, 3.63) is 42.1 Å². The summed E-state index contributed by atoms with van der Waals surface area (Å²) in [5.74, 6) is 0. The molecular formula is C16H17NO2. The number of fused-ring (bicyclic) bond motifs is 3. The molecule has 3 heterocycles. The molecule has 4 rings (SSSR count). The molecule has 2 aliphatic heterocycles. The molecule has 98 valence electrons. The molecule has 2 aromatic rings. The molecule has 0 aliphatic carbocycles. The molecule has 0 saturated carbocycles. The quantitative estimate of drug-likeness (QED) is 0.852. The number of nitrogens with zero attached hydrogens (tertiary/aromatic N) is 1. The van der Waals surface area contributed by atoms with Gasteiger partial charge in [-0.3, -0.25) is 4.98 Å². The lowest BCUT2D eigenvalue weighted by atomic mass is 9.83. The van der Waals surface area contributed by atoms with Crippen LogP contribution in [0.4, 0.5) is 0 Å². The van der Waals surface area contributed by atoms with Gasteiger partial charge < -0.3 is 9.84 Å². The molecule has 2 atom stereocenters. The molecule has 3 heteroatoms.